The van der Waals surface area contributed by atoms with Crippen molar-refractivity contribution in [2.45, 2.75) is 37.0 Å². The molecule has 0 aromatic heterocycles. The summed E-state index contributed by atoms with van der Waals surface area (Å²) in [5.41, 5.74) is 2.39. The van der Waals surface area contributed by atoms with Gasteiger partial charge < -0.3 is 31.7 Å². The Morgan fingerprint density at radius 2 is 2.16 bits per heavy atom. The van der Waals surface area contributed by atoms with Gasteiger partial charge in [-0.3, -0.25) is 4.48 Å². The number of nitrogens with zero attached hydrogens (tertiary/aromatic N) is 1. The van der Waals surface area contributed by atoms with E-state index in [2.05, 4.69) is 19.2 Å². The van der Waals surface area contributed by atoms with E-state index in [1.54, 1.807) is 14.2 Å². The molecule has 2 aliphatic heterocycles. The lowest BCUT2D eigenvalue weighted by molar-refractivity contribution is -0.939. The van der Waals surface area contributed by atoms with Crippen molar-refractivity contribution in [3.63, 3.8) is 0 Å². The fourth-order valence-electron chi connectivity index (χ4n) is 4.70. The van der Waals surface area contributed by atoms with Crippen molar-refractivity contribution >= 4 is 0 Å². The number of ether oxygens (including phenoxy) is 3. The molecule has 6 heteroatoms. The second kappa shape index (κ2) is 6.47. The topological polar surface area (TPSA) is 47.9 Å². The second-order valence-corrected chi connectivity index (χ2v) is 7.61. The number of methoxy groups -OCH3 is 2. The van der Waals surface area contributed by atoms with E-state index < -0.39 is 6.10 Å². The average molecular weight is 368 g/mol. The molecule has 0 bridgehead atoms. The molecular formula is C19H26ClNO4. The number of halogens is 1. The zero-order valence-electron chi connectivity index (χ0n) is 15.0. The van der Waals surface area contributed by atoms with E-state index in [1.165, 1.54) is 11.1 Å². The normalized spacial score (nSPS) is 35.0. The van der Waals surface area contributed by atoms with Crippen LogP contribution in [-0.4, -0.2) is 56.3 Å². The molecule has 2 unspecified atom stereocenters. The van der Waals surface area contributed by atoms with Gasteiger partial charge in [0.2, 0.25) is 0 Å². The van der Waals surface area contributed by atoms with Crippen LogP contribution in [0.4, 0.5) is 0 Å². The first kappa shape index (κ1) is 18.5. The summed E-state index contributed by atoms with van der Waals surface area (Å²) in [6.45, 7) is 2.60. The van der Waals surface area contributed by atoms with Crippen molar-refractivity contribution in [1.29, 1.82) is 0 Å². The molecule has 1 spiro atoms. The van der Waals surface area contributed by atoms with Gasteiger partial charge in [-0.15, -0.1) is 0 Å². The van der Waals surface area contributed by atoms with E-state index in [1.807, 2.05) is 12.1 Å². The molecule has 0 saturated heterocycles. The lowest BCUT2D eigenvalue weighted by Crippen LogP contribution is -3.00. The number of hydrogen-bond donors (Lipinski definition) is 1. The zero-order chi connectivity index (χ0) is 16.9. The summed E-state index contributed by atoms with van der Waals surface area (Å²) < 4.78 is 18.2. The van der Waals surface area contributed by atoms with E-state index >= 15 is 0 Å². The molecule has 2 heterocycles. The molecule has 0 fully saturated rings. The SMILES string of the molecule is COC[N+]1(C)CCC23C=C[C@H](O)C[C@@H]2Oc2c(OC)ccc(c23)C1.[Cl-]. The molecule has 0 saturated carbocycles. The largest absolute Gasteiger partial charge is 1.00 e. The Balaban J connectivity index is 0.00000182. The van der Waals surface area contributed by atoms with Gasteiger partial charge in [-0.1, -0.05) is 12.2 Å². The molecule has 1 aromatic rings. The van der Waals surface area contributed by atoms with Gasteiger partial charge in [0.05, 0.1) is 32.2 Å². The minimum Gasteiger partial charge on any atom is -1.00 e. The van der Waals surface area contributed by atoms with Crippen molar-refractivity contribution in [3.05, 3.63) is 35.4 Å². The van der Waals surface area contributed by atoms with Crippen LogP contribution in [0.5, 0.6) is 11.5 Å². The van der Waals surface area contributed by atoms with Crippen molar-refractivity contribution in [1.82, 2.24) is 0 Å². The van der Waals surface area contributed by atoms with E-state index in [0.29, 0.717) is 13.2 Å². The molecule has 4 rings (SSSR count). The third kappa shape index (κ3) is 2.74. The Bertz CT molecular complexity index is 694. The van der Waals surface area contributed by atoms with Crippen LogP contribution >= 0.6 is 0 Å². The molecule has 5 nitrogen and oxygen atoms in total. The van der Waals surface area contributed by atoms with Gasteiger partial charge in [0.1, 0.15) is 12.6 Å². The van der Waals surface area contributed by atoms with E-state index in [-0.39, 0.29) is 23.9 Å². The first-order valence-electron chi connectivity index (χ1n) is 8.58. The van der Waals surface area contributed by atoms with E-state index in [9.17, 15) is 5.11 Å². The summed E-state index contributed by atoms with van der Waals surface area (Å²) in [7, 11) is 5.69. The average Bonchev–Trinajstić information content (AvgIpc) is 2.82. The molecular weight excluding hydrogens is 342 g/mol. The Labute approximate surface area is 155 Å². The number of rotatable bonds is 3. The predicted octanol–water partition coefficient (Wildman–Crippen LogP) is -1.03. The van der Waals surface area contributed by atoms with Crippen LogP contribution in [0.2, 0.25) is 0 Å². The standard InChI is InChI=1S/C19H26NO4.ClH/c1-20(12-22-2)9-8-19-7-6-14(21)10-16(19)24-18-15(23-3)5-4-13(11-20)17(18)19;/h4-7,14,16,21H,8-12H2,1-3H3;1H/q+1;/p-1/t14-,16-,19?,20?;/m0./s1. The smallest absolute Gasteiger partial charge is 0.182 e. The number of benzene rings is 1. The summed E-state index contributed by atoms with van der Waals surface area (Å²) in [6.07, 6.45) is 5.26. The van der Waals surface area contributed by atoms with Gasteiger partial charge >= 0.3 is 0 Å². The van der Waals surface area contributed by atoms with Crippen molar-refractivity contribution in [2.75, 3.05) is 34.5 Å². The zero-order valence-corrected chi connectivity index (χ0v) is 15.8. The maximum Gasteiger partial charge on any atom is 0.182 e. The highest BCUT2D eigenvalue weighted by molar-refractivity contribution is 5.60. The summed E-state index contributed by atoms with van der Waals surface area (Å²) in [6, 6.07) is 4.17. The number of aliphatic hydroxyl groups is 1. The first-order chi connectivity index (χ1) is 11.5. The third-order valence-electron chi connectivity index (χ3n) is 5.86. The maximum absolute atomic E-state index is 10.1. The van der Waals surface area contributed by atoms with Gasteiger partial charge in [-0.05, 0) is 12.1 Å². The minimum absolute atomic E-state index is 0. The minimum atomic E-state index is -0.438. The van der Waals surface area contributed by atoms with Crippen LogP contribution in [0.3, 0.4) is 0 Å². The highest BCUT2D eigenvalue weighted by Crippen LogP contribution is 2.56. The van der Waals surface area contributed by atoms with E-state index in [0.717, 1.165) is 35.5 Å². The molecule has 25 heavy (non-hydrogen) atoms. The van der Waals surface area contributed by atoms with Gasteiger partial charge in [-0.2, -0.15) is 0 Å². The molecule has 4 atom stereocenters. The van der Waals surface area contributed by atoms with Crippen LogP contribution in [0.15, 0.2) is 24.3 Å². The Kier molecular flexibility index (Phi) is 4.79. The second-order valence-electron chi connectivity index (χ2n) is 7.61. The van der Waals surface area contributed by atoms with Crippen LogP contribution in [0, 0.1) is 0 Å². The lowest BCUT2D eigenvalue weighted by atomic mass is 9.69. The fourth-order valence-corrected chi connectivity index (χ4v) is 4.70. The molecule has 0 amide bonds. The molecule has 138 valence electrons. The third-order valence-corrected chi connectivity index (χ3v) is 5.86. The Morgan fingerprint density at radius 1 is 1.36 bits per heavy atom. The molecule has 0 radical (unpaired) electrons. The fraction of sp³-hybridized carbons (Fsp3) is 0.579. The van der Waals surface area contributed by atoms with Crippen molar-refractivity contribution in [2.24, 2.45) is 0 Å². The molecule has 1 N–H and O–H groups in total. The molecule has 1 aromatic carbocycles. The van der Waals surface area contributed by atoms with Crippen molar-refractivity contribution < 1.29 is 36.2 Å². The van der Waals surface area contributed by atoms with Crippen LogP contribution < -0.4 is 21.9 Å². The van der Waals surface area contributed by atoms with Crippen molar-refractivity contribution in [3.8, 4) is 11.5 Å². The van der Waals surface area contributed by atoms with E-state index in [4.69, 9.17) is 14.2 Å². The number of aliphatic hydroxyl groups excluding tert-OH is 1. The van der Waals surface area contributed by atoms with Gasteiger partial charge in [0, 0.05) is 31.1 Å². The highest BCUT2D eigenvalue weighted by atomic mass is 35.5. The number of quaternary nitrogens is 1. The molecule has 3 aliphatic rings. The summed E-state index contributed by atoms with van der Waals surface area (Å²) in [5, 5.41) is 10.1. The molecule has 1 aliphatic carbocycles. The Hall–Kier alpha value is -1.27. The highest BCUT2D eigenvalue weighted by Gasteiger charge is 2.54. The predicted molar refractivity (Wildman–Crippen MR) is 90.1 cm³/mol. The summed E-state index contributed by atoms with van der Waals surface area (Å²) in [4.78, 5) is 0. The monoisotopic (exact) mass is 367 g/mol. The van der Waals surface area contributed by atoms with Gasteiger partial charge in [0.15, 0.2) is 18.2 Å². The van der Waals surface area contributed by atoms with Crippen LogP contribution in [0.1, 0.15) is 24.0 Å². The quantitative estimate of drug-likeness (QED) is 0.548. The summed E-state index contributed by atoms with van der Waals surface area (Å²) >= 11 is 0. The van der Waals surface area contributed by atoms with Gasteiger partial charge in [0.25, 0.3) is 0 Å². The summed E-state index contributed by atoms with van der Waals surface area (Å²) in [5.74, 6) is 1.65. The number of hydrogen-bond acceptors (Lipinski definition) is 4. The first-order valence-corrected chi connectivity index (χ1v) is 8.58. The van der Waals surface area contributed by atoms with Crippen LogP contribution in [-0.2, 0) is 16.7 Å². The van der Waals surface area contributed by atoms with Crippen LogP contribution in [0.25, 0.3) is 0 Å². The van der Waals surface area contributed by atoms with Gasteiger partial charge in [-0.25, -0.2) is 0 Å². The maximum atomic E-state index is 10.1. The Morgan fingerprint density at radius 3 is 2.88 bits per heavy atom. The lowest BCUT2D eigenvalue weighted by Gasteiger charge is -2.37.